The number of aromatic nitrogens is 2. The molecule has 4 rings (SSSR count). The van der Waals surface area contributed by atoms with Gasteiger partial charge in [-0.05, 0) is 45.4 Å². The number of urea groups is 1. The zero-order valence-electron chi connectivity index (χ0n) is 16.1. The van der Waals surface area contributed by atoms with E-state index in [1.807, 2.05) is 20.8 Å². The number of fused-ring (bicyclic) bond motifs is 5. The maximum absolute atomic E-state index is 13.0. The first-order valence-electron chi connectivity index (χ1n) is 9.21. The number of aromatic hydroxyl groups is 1. The zero-order chi connectivity index (χ0) is 21.3. The van der Waals surface area contributed by atoms with E-state index in [1.54, 1.807) is 4.90 Å². The summed E-state index contributed by atoms with van der Waals surface area (Å²) in [6, 6.07) is 3.09. The van der Waals surface area contributed by atoms with Gasteiger partial charge >= 0.3 is 17.9 Å². The lowest BCUT2D eigenvalue weighted by molar-refractivity contribution is -0.137. The van der Waals surface area contributed by atoms with Gasteiger partial charge in [-0.15, -0.1) is 0 Å². The Morgan fingerprint density at radius 2 is 1.93 bits per heavy atom. The minimum absolute atomic E-state index is 0.0747. The van der Waals surface area contributed by atoms with Gasteiger partial charge in [-0.1, -0.05) is 6.07 Å². The maximum atomic E-state index is 13.0. The fraction of sp³-hybridized carbons (Fsp3) is 0.474. The SMILES string of the molecule is CC(C)(C)NC(=O)N1CC2C[C@@H]1c1c(O)n(-c3cccc(C(F)(F)F)c3)c(=O)n12. The molecule has 2 N–H and O–H groups in total. The van der Waals surface area contributed by atoms with Crippen molar-refractivity contribution in [2.24, 2.45) is 0 Å². The number of benzene rings is 1. The average Bonchev–Trinajstić information content (AvgIpc) is 3.24. The van der Waals surface area contributed by atoms with Gasteiger partial charge in [0.1, 0.15) is 5.69 Å². The van der Waals surface area contributed by atoms with E-state index in [1.165, 1.54) is 16.7 Å². The van der Waals surface area contributed by atoms with Gasteiger partial charge in [0, 0.05) is 12.1 Å². The van der Waals surface area contributed by atoms with Crippen LogP contribution in [0.3, 0.4) is 0 Å². The van der Waals surface area contributed by atoms with Crippen molar-refractivity contribution in [3.8, 4) is 11.6 Å². The van der Waals surface area contributed by atoms with E-state index in [2.05, 4.69) is 5.32 Å². The van der Waals surface area contributed by atoms with E-state index >= 15 is 0 Å². The van der Waals surface area contributed by atoms with Crippen molar-refractivity contribution in [1.29, 1.82) is 0 Å². The van der Waals surface area contributed by atoms with Gasteiger partial charge in [0.25, 0.3) is 0 Å². The van der Waals surface area contributed by atoms with Crippen molar-refractivity contribution >= 4 is 6.03 Å². The molecule has 10 heteroatoms. The molecule has 2 aliphatic heterocycles. The van der Waals surface area contributed by atoms with Crippen LogP contribution in [-0.2, 0) is 6.18 Å². The molecule has 2 amide bonds. The molecular formula is C19H21F3N4O3. The molecule has 29 heavy (non-hydrogen) atoms. The highest BCUT2D eigenvalue weighted by molar-refractivity contribution is 5.76. The number of hydrogen-bond acceptors (Lipinski definition) is 3. The van der Waals surface area contributed by atoms with Gasteiger partial charge in [-0.2, -0.15) is 13.2 Å². The van der Waals surface area contributed by atoms with Crippen LogP contribution in [0.5, 0.6) is 5.88 Å². The van der Waals surface area contributed by atoms with Crippen LogP contribution in [0.25, 0.3) is 5.69 Å². The minimum atomic E-state index is -4.57. The Labute approximate surface area is 164 Å². The Kier molecular flexibility index (Phi) is 4.04. The van der Waals surface area contributed by atoms with E-state index in [-0.39, 0.29) is 23.5 Å². The number of halogens is 3. The third kappa shape index (κ3) is 3.06. The second kappa shape index (κ2) is 6.04. The Morgan fingerprint density at radius 3 is 2.55 bits per heavy atom. The fourth-order valence-corrected chi connectivity index (χ4v) is 4.12. The third-order valence-corrected chi connectivity index (χ3v) is 5.23. The van der Waals surface area contributed by atoms with Gasteiger partial charge < -0.3 is 15.3 Å². The second-order valence-corrected chi connectivity index (χ2v) is 8.48. The first-order chi connectivity index (χ1) is 13.4. The molecule has 0 radical (unpaired) electrons. The smallest absolute Gasteiger partial charge is 0.416 e. The molecule has 2 aliphatic rings. The first kappa shape index (κ1) is 19.4. The van der Waals surface area contributed by atoms with Crippen LogP contribution in [0.15, 0.2) is 29.1 Å². The van der Waals surface area contributed by atoms with E-state index in [0.29, 0.717) is 13.0 Å². The predicted octanol–water partition coefficient (Wildman–Crippen LogP) is 3.17. The number of nitrogens with one attached hydrogen (secondary N) is 1. The van der Waals surface area contributed by atoms with Crippen LogP contribution in [0.1, 0.15) is 50.5 Å². The zero-order valence-corrected chi connectivity index (χ0v) is 16.1. The normalized spacial score (nSPS) is 20.8. The number of amides is 2. The monoisotopic (exact) mass is 410 g/mol. The van der Waals surface area contributed by atoms with Gasteiger partial charge in [-0.3, -0.25) is 4.57 Å². The summed E-state index contributed by atoms with van der Waals surface area (Å²) in [5, 5.41) is 13.6. The number of carbonyl (C=O) groups excluding carboxylic acids is 1. The van der Waals surface area contributed by atoms with Crippen molar-refractivity contribution in [2.45, 2.75) is 51.0 Å². The molecule has 7 nitrogen and oxygen atoms in total. The van der Waals surface area contributed by atoms with Crippen LogP contribution in [0, 0.1) is 0 Å². The van der Waals surface area contributed by atoms with Gasteiger partial charge in [0.2, 0.25) is 5.88 Å². The van der Waals surface area contributed by atoms with Crippen LogP contribution >= 0.6 is 0 Å². The number of rotatable bonds is 1. The largest absolute Gasteiger partial charge is 0.493 e. The van der Waals surface area contributed by atoms with Crippen molar-refractivity contribution in [2.75, 3.05) is 6.54 Å². The summed E-state index contributed by atoms with van der Waals surface area (Å²) >= 11 is 0. The number of imidazole rings is 1. The number of nitrogens with zero attached hydrogens (tertiary/aromatic N) is 3. The summed E-state index contributed by atoms with van der Waals surface area (Å²) in [6.45, 7) is 5.83. The molecule has 1 unspecified atom stereocenters. The molecule has 2 atom stereocenters. The molecule has 1 fully saturated rings. The van der Waals surface area contributed by atoms with Crippen molar-refractivity contribution in [3.63, 3.8) is 0 Å². The summed E-state index contributed by atoms with van der Waals surface area (Å²) in [4.78, 5) is 27.1. The van der Waals surface area contributed by atoms with E-state index < -0.39 is 34.9 Å². The molecular weight excluding hydrogens is 389 g/mol. The third-order valence-electron chi connectivity index (χ3n) is 5.23. The Bertz CT molecular complexity index is 1050. The van der Waals surface area contributed by atoms with Crippen molar-refractivity contribution in [1.82, 2.24) is 19.4 Å². The molecule has 1 saturated heterocycles. The van der Waals surface area contributed by atoms with Gasteiger partial charge in [0.05, 0.1) is 23.3 Å². The fourth-order valence-electron chi connectivity index (χ4n) is 4.12. The topological polar surface area (TPSA) is 79.5 Å². The summed E-state index contributed by atoms with van der Waals surface area (Å²) in [5.74, 6) is -0.435. The molecule has 2 bridgehead atoms. The molecule has 156 valence electrons. The standard InChI is InChI=1S/C19H21F3N4O3/c1-18(2,3)23-16(28)24-9-12-8-13(24)14-15(27)26(17(29)25(12)14)11-6-4-5-10(7-11)19(20,21)22/h4-7,12-13,27H,8-9H2,1-3H3,(H,23,28)/t12?,13-/m1/s1. The predicted molar refractivity (Wildman–Crippen MR) is 98.1 cm³/mol. The summed E-state index contributed by atoms with van der Waals surface area (Å²) in [6.07, 6.45) is -4.09. The van der Waals surface area contributed by atoms with Gasteiger partial charge in [-0.25, -0.2) is 14.2 Å². The van der Waals surface area contributed by atoms with Crippen LogP contribution < -0.4 is 11.0 Å². The second-order valence-electron chi connectivity index (χ2n) is 8.48. The lowest BCUT2D eigenvalue weighted by atomic mass is 10.1. The average molecular weight is 410 g/mol. The summed E-state index contributed by atoms with van der Waals surface area (Å²) in [5.41, 5.74) is -1.80. The lowest BCUT2D eigenvalue weighted by Crippen LogP contribution is -2.49. The minimum Gasteiger partial charge on any atom is -0.493 e. The molecule has 2 aromatic rings. The Hall–Kier alpha value is -2.91. The van der Waals surface area contributed by atoms with Gasteiger partial charge in [0.15, 0.2) is 0 Å². The van der Waals surface area contributed by atoms with E-state index in [4.69, 9.17) is 0 Å². The van der Waals surface area contributed by atoms with E-state index in [9.17, 15) is 27.9 Å². The quantitative estimate of drug-likeness (QED) is 0.758. The highest BCUT2D eigenvalue weighted by atomic mass is 19.4. The number of alkyl halides is 3. The Balaban J connectivity index is 1.75. The maximum Gasteiger partial charge on any atom is 0.416 e. The number of hydrogen-bond donors (Lipinski definition) is 2. The van der Waals surface area contributed by atoms with Crippen LogP contribution in [0.4, 0.5) is 18.0 Å². The van der Waals surface area contributed by atoms with Crippen LogP contribution in [0.2, 0.25) is 0 Å². The molecule has 0 aliphatic carbocycles. The summed E-state index contributed by atoms with van der Waals surface area (Å²) < 4.78 is 41.4. The highest BCUT2D eigenvalue weighted by Crippen LogP contribution is 2.48. The number of likely N-dealkylation sites (tertiary alicyclic amines) is 1. The Morgan fingerprint density at radius 1 is 1.24 bits per heavy atom. The molecule has 1 aromatic carbocycles. The summed E-state index contributed by atoms with van der Waals surface area (Å²) in [7, 11) is 0. The van der Waals surface area contributed by atoms with E-state index in [0.717, 1.165) is 16.7 Å². The lowest BCUT2D eigenvalue weighted by Gasteiger charge is -2.31. The van der Waals surface area contributed by atoms with Crippen molar-refractivity contribution < 1.29 is 23.1 Å². The molecule has 3 heterocycles. The molecule has 0 saturated carbocycles. The number of carbonyl (C=O) groups is 1. The molecule has 1 aromatic heterocycles. The highest BCUT2D eigenvalue weighted by Gasteiger charge is 2.49. The molecule has 0 spiro atoms. The van der Waals surface area contributed by atoms with Crippen LogP contribution in [-0.4, -0.2) is 37.3 Å². The first-order valence-corrected chi connectivity index (χ1v) is 9.21. The van der Waals surface area contributed by atoms with Crippen molar-refractivity contribution in [3.05, 3.63) is 46.0 Å².